The summed E-state index contributed by atoms with van der Waals surface area (Å²) in [7, 11) is 0. The topological polar surface area (TPSA) is 93.5 Å². The van der Waals surface area contributed by atoms with Crippen molar-refractivity contribution in [3.8, 4) is 0 Å². The van der Waals surface area contributed by atoms with Crippen molar-refractivity contribution in [1.29, 1.82) is 0 Å². The predicted octanol–water partition coefficient (Wildman–Crippen LogP) is 0.940. The van der Waals surface area contributed by atoms with E-state index < -0.39 is 6.04 Å². The molecule has 0 bridgehead atoms. The van der Waals surface area contributed by atoms with Crippen molar-refractivity contribution in [3.63, 3.8) is 0 Å². The van der Waals surface area contributed by atoms with Crippen LogP contribution in [-0.2, 0) is 14.3 Å². The van der Waals surface area contributed by atoms with Gasteiger partial charge in [-0.1, -0.05) is 6.42 Å². The van der Waals surface area contributed by atoms with Crippen molar-refractivity contribution in [2.24, 2.45) is 17.6 Å². The van der Waals surface area contributed by atoms with Gasteiger partial charge in [0, 0.05) is 31.2 Å². The lowest BCUT2D eigenvalue weighted by molar-refractivity contribution is -0.129. The number of nitrogens with two attached hydrogens (primary N) is 1. The summed E-state index contributed by atoms with van der Waals surface area (Å²) in [6.07, 6.45) is 5.20. The van der Waals surface area contributed by atoms with E-state index in [1.807, 2.05) is 13.8 Å². The molecule has 3 atom stereocenters. The molecule has 1 aliphatic carbocycles. The van der Waals surface area contributed by atoms with Gasteiger partial charge in [-0.3, -0.25) is 9.59 Å². The number of ether oxygens (including phenoxy) is 1. The van der Waals surface area contributed by atoms with Crippen LogP contribution in [0, 0.1) is 11.8 Å². The highest BCUT2D eigenvalue weighted by molar-refractivity contribution is 5.82. The van der Waals surface area contributed by atoms with E-state index in [1.54, 1.807) is 0 Å². The zero-order chi connectivity index (χ0) is 16.8. The number of hydrogen-bond acceptors (Lipinski definition) is 4. The second-order valence-corrected chi connectivity index (χ2v) is 7.21. The van der Waals surface area contributed by atoms with Crippen LogP contribution >= 0.6 is 0 Å². The Morgan fingerprint density at radius 2 is 1.83 bits per heavy atom. The number of nitrogens with one attached hydrogen (secondary N) is 2. The molecule has 1 saturated carbocycles. The summed E-state index contributed by atoms with van der Waals surface area (Å²) in [5.74, 6) is 0.225. The lowest BCUT2D eigenvalue weighted by atomic mass is 9.84. The standard InChI is InChI=1S/C17H31N3O3/c1-11(2)19-16(21)13-4-3-5-14(10-13)20-17(22)15(18)12-6-8-23-9-7-12/h11-15H,3-10,18H2,1-2H3,(H,19,21)(H,20,22). The molecule has 0 spiro atoms. The first kappa shape index (κ1) is 18.2. The van der Waals surface area contributed by atoms with Crippen LogP contribution in [-0.4, -0.2) is 43.2 Å². The molecular weight excluding hydrogens is 294 g/mol. The normalized spacial score (nSPS) is 27.5. The molecule has 0 aromatic carbocycles. The Labute approximate surface area is 138 Å². The molecule has 2 amide bonds. The van der Waals surface area contributed by atoms with Crippen LogP contribution in [0.25, 0.3) is 0 Å². The summed E-state index contributed by atoms with van der Waals surface area (Å²) in [5.41, 5.74) is 6.12. The molecule has 0 radical (unpaired) electrons. The van der Waals surface area contributed by atoms with Crippen molar-refractivity contribution < 1.29 is 14.3 Å². The Hall–Kier alpha value is -1.14. The summed E-state index contributed by atoms with van der Waals surface area (Å²) < 4.78 is 5.32. The fourth-order valence-electron chi connectivity index (χ4n) is 3.55. The number of carbonyl (C=O) groups excluding carboxylic acids is 2. The van der Waals surface area contributed by atoms with Gasteiger partial charge in [0.15, 0.2) is 0 Å². The summed E-state index contributed by atoms with van der Waals surface area (Å²) in [6.45, 7) is 5.30. The van der Waals surface area contributed by atoms with Gasteiger partial charge in [-0.15, -0.1) is 0 Å². The summed E-state index contributed by atoms with van der Waals surface area (Å²) in [4.78, 5) is 24.5. The average Bonchev–Trinajstić information content (AvgIpc) is 2.54. The molecule has 132 valence electrons. The number of hydrogen-bond donors (Lipinski definition) is 3. The van der Waals surface area contributed by atoms with Crippen molar-refractivity contribution in [1.82, 2.24) is 10.6 Å². The van der Waals surface area contributed by atoms with Gasteiger partial charge >= 0.3 is 0 Å². The van der Waals surface area contributed by atoms with Gasteiger partial charge in [0.25, 0.3) is 0 Å². The highest BCUT2D eigenvalue weighted by atomic mass is 16.5. The molecule has 1 aliphatic heterocycles. The molecule has 3 unspecified atom stereocenters. The summed E-state index contributed by atoms with van der Waals surface area (Å²) >= 11 is 0. The van der Waals surface area contributed by atoms with Crippen molar-refractivity contribution in [3.05, 3.63) is 0 Å². The molecule has 0 aromatic rings. The Balaban J connectivity index is 1.81. The van der Waals surface area contributed by atoms with Crippen LogP contribution in [0.3, 0.4) is 0 Å². The van der Waals surface area contributed by atoms with Crippen LogP contribution in [0.15, 0.2) is 0 Å². The molecule has 2 rings (SSSR count). The SMILES string of the molecule is CC(C)NC(=O)C1CCCC(NC(=O)C(N)C2CCOCC2)C1. The highest BCUT2D eigenvalue weighted by Gasteiger charge is 2.31. The molecule has 6 nitrogen and oxygen atoms in total. The molecule has 2 aliphatic rings. The van der Waals surface area contributed by atoms with Crippen molar-refractivity contribution in [2.45, 2.75) is 70.5 Å². The fraction of sp³-hybridized carbons (Fsp3) is 0.882. The second-order valence-electron chi connectivity index (χ2n) is 7.21. The monoisotopic (exact) mass is 325 g/mol. The van der Waals surface area contributed by atoms with Crippen LogP contribution in [0.2, 0.25) is 0 Å². The number of rotatable bonds is 5. The Morgan fingerprint density at radius 1 is 1.13 bits per heavy atom. The lowest BCUT2D eigenvalue weighted by Gasteiger charge is -2.32. The third kappa shape index (κ3) is 5.46. The Bertz CT molecular complexity index is 408. The fourth-order valence-corrected chi connectivity index (χ4v) is 3.55. The second kappa shape index (κ2) is 8.64. The first-order valence-corrected chi connectivity index (χ1v) is 8.91. The predicted molar refractivity (Wildman–Crippen MR) is 88.7 cm³/mol. The van der Waals surface area contributed by atoms with Crippen LogP contribution in [0.1, 0.15) is 52.4 Å². The third-order valence-electron chi connectivity index (χ3n) is 4.90. The smallest absolute Gasteiger partial charge is 0.237 e. The van der Waals surface area contributed by atoms with Gasteiger partial charge in [-0.2, -0.15) is 0 Å². The van der Waals surface area contributed by atoms with E-state index in [2.05, 4.69) is 10.6 Å². The zero-order valence-electron chi connectivity index (χ0n) is 14.3. The minimum atomic E-state index is -0.469. The van der Waals surface area contributed by atoms with E-state index in [0.717, 1.165) is 32.1 Å². The van der Waals surface area contributed by atoms with E-state index in [9.17, 15) is 9.59 Å². The summed E-state index contributed by atoms with van der Waals surface area (Å²) in [5, 5.41) is 6.04. The van der Waals surface area contributed by atoms with E-state index in [0.29, 0.717) is 19.6 Å². The molecule has 1 saturated heterocycles. The van der Waals surface area contributed by atoms with Gasteiger partial charge < -0.3 is 21.1 Å². The molecule has 1 heterocycles. The Morgan fingerprint density at radius 3 is 2.48 bits per heavy atom. The van der Waals surface area contributed by atoms with Crippen LogP contribution < -0.4 is 16.4 Å². The maximum Gasteiger partial charge on any atom is 0.237 e. The van der Waals surface area contributed by atoms with Crippen molar-refractivity contribution >= 4 is 11.8 Å². The number of amides is 2. The maximum absolute atomic E-state index is 12.4. The van der Waals surface area contributed by atoms with Crippen LogP contribution in [0.5, 0.6) is 0 Å². The highest BCUT2D eigenvalue weighted by Crippen LogP contribution is 2.25. The molecular formula is C17H31N3O3. The molecule has 23 heavy (non-hydrogen) atoms. The maximum atomic E-state index is 12.4. The number of carbonyl (C=O) groups is 2. The van der Waals surface area contributed by atoms with Gasteiger partial charge in [-0.05, 0) is 51.9 Å². The van der Waals surface area contributed by atoms with Crippen molar-refractivity contribution in [2.75, 3.05) is 13.2 Å². The van der Waals surface area contributed by atoms with Gasteiger partial charge in [0.05, 0.1) is 6.04 Å². The molecule has 6 heteroatoms. The zero-order valence-corrected chi connectivity index (χ0v) is 14.3. The minimum absolute atomic E-state index is 0.00393. The van der Waals surface area contributed by atoms with E-state index >= 15 is 0 Å². The van der Waals surface area contributed by atoms with Crippen LogP contribution in [0.4, 0.5) is 0 Å². The quantitative estimate of drug-likeness (QED) is 0.701. The largest absolute Gasteiger partial charge is 0.381 e. The van der Waals surface area contributed by atoms with Gasteiger partial charge in [-0.25, -0.2) is 0 Å². The summed E-state index contributed by atoms with van der Waals surface area (Å²) in [6, 6.07) is -0.256. The van der Waals surface area contributed by atoms with E-state index in [1.165, 1.54) is 0 Å². The van der Waals surface area contributed by atoms with Gasteiger partial charge in [0.2, 0.25) is 11.8 Å². The lowest BCUT2D eigenvalue weighted by Crippen LogP contribution is -2.51. The Kier molecular flexibility index (Phi) is 6.84. The minimum Gasteiger partial charge on any atom is -0.381 e. The first-order valence-electron chi connectivity index (χ1n) is 8.91. The van der Waals surface area contributed by atoms with E-state index in [4.69, 9.17) is 10.5 Å². The first-order chi connectivity index (χ1) is 11.0. The third-order valence-corrected chi connectivity index (χ3v) is 4.90. The van der Waals surface area contributed by atoms with E-state index in [-0.39, 0.29) is 35.7 Å². The molecule has 2 fully saturated rings. The molecule has 4 N–H and O–H groups in total. The van der Waals surface area contributed by atoms with Gasteiger partial charge in [0.1, 0.15) is 0 Å². The average molecular weight is 325 g/mol. The molecule has 0 aromatic heterocycles.